The molecule has 0 fully saturated rings. The Labute approximate surface area is 194 Å². The van der Waals surface area contributed by atoms with Gasteiger partial charge in [0, 0.05) is 11.8 Å². The second kappa shape index (κ2) is 8.03. The van der Waals surface area contributed by atoms with Crippen molar-refractivity contribution >= 4 is 32.3 Å². The molecule has 0 aliphatic rings. The molecule has 2 aromatic carbocycles. The van der Waals surface area contributed by atoms with Crippen LogP contribution in [0, 0.1) is 12.7 Å². The van der Waals surface area contributed by atoms with Crippen molar-refractivity contribution < 1.29 is 17.4 Å². The van der Waals surface area contributed by atoms with E-state index in [4.69, 9.17) is 5.73 Å². The highest BCUT2D eigenvalue weighted by Gasteiger charge is 2.29. The van der Waals surface area contributed by atoms with Crippen LogP contribution in [-0.2, 0) is 16.4 Å². The predicted molar refractivity (Wildman–Crippen MR) is 126 cm³/mol. The van der Waals surface area contributed by atoms with Crippen LogP contribution in [0.4, 0.5) is 10.2 Å². The molecular formula is C25H20FN4O3S+. The summed E-state index contributed by atoms with van der Waals surface area (Å²) < 4.78 is 43.4. The molecule has 0 saturated carbocycles. The molecule has 0 amide bonds. The van der Waals surface area contributed by atoms with E-state index in [-0.39, 0.29) is 33.2 Å². The van der Waals surface area contributed by atoms with E-state index in [9.17, 15) is 17.6 Å². The lowest BCUT2D eigenvalue weighted by Crippen LogP contribution is -2.42. The zero-order valence-electron chi connectivity index (χ0n) is 18.1. The van der Waals surface area contributed by atoms with Gasteiger partial charge in [-0.1, -0.05) is 41.4 Å². The van der Waals surface area contributed by atoms with Gasteiger partial charge in [-0.3, -0.25) is 9.20 Å². The lowest BCUT2D eigenvalue weighted by Gasteiger charge is -2.13. The third kappa shape index (κ3) is 3.50. The Morgan fingerprint density at radius 1 is 1.03 bits per heavy atom. The fourth-order valence-corrected chi connectivity index (χ4v) is 5.39. The van der Waals surface area contributed by atoms with Gasteiger partial charge < -0.3 is 5.73 Å². The van der Waals surface area contributed by atoms with Crippen LogP contribution in [-0.4, -0.2) is 17.8 Å². The number of fused-ring (bicyclic) bond motifs is 2. The molecule has 0 aliphatic heterocycles. The Morgan fingerprint density at radius 2 is 1.74 bits per heavy atom. The first-order valence-electron chi connectivity index (χ1n) is 10.5. The van der Waals surface area contributed by atoms with E-state index in [1.807, 2.05) is 13.0 Å². The van der Waals surface area contributed by atoms with Gasteiger partial charge in [0.25, 0.3) is 11.2 Å². The van der Waals surface area contributed by atoms with Gasteiger partial charge in [-0.25, -0.2) is 17.4 Å². The van der Waals surface area contributed by atoms with Crippen LogP contribution >= 0.6 is 0 Å². The number of pyridine rings is 2. The Bertz CT molecular complexity index is 1730. The first kappa shape index (κ1) is 21.7. The molecule has 5 aromatic rings. The van der Waals surface area contributed by atoms with Crippen LogP contribution in [0.25, 0.3) is 16.7 Å². The largest absolute Gasteiger partial charge is 0.317 e. The summed E-state index contributed by atoms with van der Waals surface area (Å²) in [5.41, 5.74) is 8.15. The predicted octanol–water partition coefficient (Wildman–Crippen LogP) is 3.05. The minimum Gasteiger partial charge on any atom is -0.317 e. The Balaban J connectivity index is 1.88. The maximum Gasteiger partial charge on any atom is 0.278 e. The molecule has 9 heteroatoms. The molecule has 0 radical (unpaired) electrons. The number of nitrogens with two attached hydrogens (primary N) is 1. The summed E-state index contributed by atoms with van der Waals surface area (Å²) in [6.07, 6.45) is 1.59. The quantitative estimate of drug-likeness (QED) is 0.318. The van der Waals surface area contributed by atoms with Gasteiger partial charge in [0.05, 0.1) is 11.4 Å². The lowest BCUT2D eigenvalue weighted by molar-refractivity contribution is -0.651. The molecule has 0 unspecified atom stereocenters. The fourth-order valence-electron chi connectivity index (χ4n) is 3.96. The average molecular weight is 476 g/mol. The number of hydrogen-bond donors (Lipinski definition) is 1. The molecule has 0 aliphatic carbocycles. The first-order valence-corrected chi connectivity index (χ1v) is 11.9. The first-order chi connectivity index (χ1) is 16.3. The minimum atomic E-state index is -4.04. The zero-order chi connectivity index (χ0) is 24.0. The molecular weight excluding hydrogens is 455 g/mol. The van der Waals surface area contributed by atoms with Crippen LogP contribution in [0.2, 0.25) is 0 Å². The van der Waals surface area contributed by atoms with Gasteiger partial charge >= 0.3 is 0 Å². The number of rotatable bonds is 4. The van der Waals surface area contributed by atoms with Gasteiger partial charge in [0.1, 0.15) is 16.1 Å². The summed E-state index contributed by atoms with van der Waals surface area (Å²) in [7, 11) is -4.04. The number of nitrogen functional groups attached to an aromatic ring is 1. The number of aromatic nitrogens is 3. The standard InChI is InChI=1S/C25H19FN4O3S/c1-16-6-5-13-29-23(16)28-24-20(25(29)31)14-21(34(32,33)19-7-3-2-4-8-19)22(27)30(24)15-17-9-11-18(26)12-10-17/h2-14,27H,15H2,1H3/p+1. The van der Waals surface area contributed by atoms with E-state index >= 15 is 0 Å². The van der Waals surface area contributed by atoms with Crippen molar-refractivity contribution in [2.75, 3.05) is 5.73 Å². The average Bonchev–Trinajstić information content (AvgIpc) is 2.83. The van der Waals surface area contributed by atoms with Crippen LogP contribution in [0.1, 0.15) is 11.1 Å². The van der Waals surface area contributed by atoms with Crippen LogP contribution in [0.15, 0.2) is 93.6 Å². The molecule has 3 aromatic heterocycles. The minimum absolute atomic E-state index is 0.0547. The van der Waals surface area contributed by atoms with Crippen molar-refractivity contribution in [3.63, 3.8) is 0 Å². The van der Waals surface area contributed by atoms with Gasteiger partial charge in [-0.05, 0) is 48.9 Å². The lowest BCUT2D eigenvalue weighted by atomic mass is 10.2. The number of nitrogens with zero attached hydrogens (tertiary/aromatic N) is 3. The van der Waals surface area contributed by atoms with Crippen molar-refractivity contribution in [1.82, 2.24) is 9.38 Å². The molecule has 0 saturated heterocycles. The SMILES string of the molecule is Cc1cccn2c(=O)c3cc(S(=O)(=O)c4ccccc4)c(N)[n+](Cc4ccc(F)cc4)c3nc12. The monoisotopic (exact) mass is 475 g/mol. The summed E-state index contributed by atoms with van der Waals surface area (Å²) in [4.78, 5) is 18.0. The van der Waals surface area contributed by atoms with E-state index in [2.05, 4.69) is 4.98 Å². The van der Waals surface area contributed by atoms with E-state index in [1.54, 1.807) is 42.6 Å². The maximum absolute atomic E-state index is 13.5. The summed E-state index contributed by atoms with van der Waals surface area (Å²) in [5.74, 6) is -0.463. The van der Waals surface area contributed by atoms with E-state index < -0.39 is 21.2 Å². The van der Waals surface area contributed by atoms with Crippen LogP contribution in [0.5, 0.6) is 0 Å². The van der Waals surface area contributed by atoms with Crippen molar-refractivity contribution in [2.45, 2.75) is 23.3 Å². The highest BCUT2D eigenvalue weighted by molar-refractivity contribution is 7.91. The molecule has 5 rings (SSSR count). The van der Waals surface area contributed by atoms with Crippen LogP contribution in [0.3, 0.4) is 0 Å². The molecule has 34 heavy (non-hydrogen) atoms. The number of benzene rings is 2. The number of aryl methyl sites for hydroxylation is 1. The van der Waals surface area contributed by atoms with E-state index in [1.165, 1.54) is 39.3 Å². The zero-order valence-corrected chi connectivity index (χ0v) is 19.0. The number of anilines is 1. The smallest absolute Gasteiger partial charge is 0.278 e. The normalized spacial score (nSPS) is 11.8. The molecule has 0 spiro atoms. The maximum atomic E-state index is 13.5. The Kier molecular flexibility index (Phi) is 5.13. The van der Waals surface area contributed by atoms with Crippen molar-refractivity contribution in [1.29, 1.82) is 0 Å². The third-order valence-electron chi connectivity index (χ3n) is 5.74. The van der Waals surface area contributed by atoms with Crippen molar-refractivity contribution in [3.8, 4) is 0 Å². The summed E-state index contributed by atoms with van der Waals surface area (Å²) in [6, 6.07) is 18.5. The highest BCUT2D eigenvalue weighted by Crippen LogP contribution is 2.26. The van der Waals surface area contributed by atoms with Crippen molar-refractivity contribution in [3.05, 3.63) is 106 Å². The molecule has 3 heterocycles. The molecule has 170 valence electrons. The number of halogens is 1. The third-order valence-corrected chi connectivity index (χ3v) is 7.53. The summed E-state index contributed by atoms with van der Waals surface area (Å²) >= 11 is 0. The van der Waals surface area contributed by atoms with E-state index in [0.717, 1.165) is 5.56 Å². The van der Waals surface area contributed by atoms with E-state index in [0.29, 0.717) is 11.2 Å². The van der Waals surface area contributed by atoms with Crippen molar-refractivity contribution in [2.24, 2.45) is 0 Å². The van der Waals surface area contributed by atoms with Crippen LogP contribution < -0.4 is 15.9 Å². The Morgan fingerprint density at radius 3 is 2.44 bits per heavy atom. The molecule has 0 bridgehead atoms. The molecule has 0 atom stereocenters. The summed E-state index contributed by atoms with van der Waals surface area (Å²) in [5, 5.41) is 0.105. The molecule has 2 N–H and O–H groups in total. The topological polar surface area (TPSA) is 98.4 Å². The van der Waals surface area contributed by atoms with Gasteiger partial charge in [-0.15, -0.1) is 0 Å². The van der Waals surface area contributed by atoms with Gasteiger partial charge in [0.2, 0.25) is 21.3 Å². The number of hydrogen-bond acceptors (Lipinski definition) is 5. The Hall–Kier alpha value is -4.11. The highest BCUT2D eigenvalue weighted by atomic mass is 32.2. The fraction of sp³-hybridized carbons (Fsp3) is 0.0800. The summed E-state index contributed by atoms with van der Waals surface area (Å²) in [6.45, 7) is 1.92. The van der Waals surface area contributed by atoms with Gasteiger partial charge in [0.15, 0.2) is 0 Å². The van der Waals surface area contributed by atoms with Gasteiger partial charge in [-0.2, -0.15) is 0 Å². The number of sulfone groups is 1. The molecule has 7 nitrogen and oxygen atoms in total. The second-order valence-electron chi connectivity index (χ2n) is 7.96. The second-order valence-corrected chi connectivity index (χ2v) is 9.88.